The molecule has 0 spiro atoms. The van der Waals surface area contributed by atoms with Crippen LogP contribution in [0.4, 0.5) is 0 Å². The largest absolute Gasteiger partial charge is 0.313 e. The van der Waals surface area contributed by atoms with Gasteiger partial charge in [-0.05, 0) is 30.2 Å². The molecule has 0 aromatic heterocycles. The van der Waals surface area contributed by atoms with Crippen molar-refractivity contribution >= 4 is 0 Å². The van der Waals surface area contributed by atoms with Crippen molar-refractivity contribution < 1.29 is 0 Å². The van der Waals surface area contributed by atoms with E-state index in [-0.39, 0.29) is 0 Å². The zero-order chi connectivity index (χ0) is 14.3. The molecule has 1 heteroatoms. The van der Waals surface area contributed by atoms with Gasteiger partial charge in [-0.15, -0.1) is 0 Å². The third-order valence-corrected chi connectivity index (χ3v) is 4.45. The zero-order valence-corrected chi connectivity index (χ0v) is 13.3. The smallest absolute Gasteiger partial charge is 0.00670 e. The van der Waals surface area contributed by atoms with Crippen LogP contribution in [0.15, 0.2) is 30.3 Å². The number of benzene rings is 1. The molecule has 0 aliphatic heterocycles. The van der Waals surface area contributed by atoms with E-state index in [9.17, 15) is 0 Å². The molecule has 0 amide bonds. The van der Waals surface area contributed by atoms with Crippen LogP contribution in [0.2, 0.25) is 0 Å². The summed E-state index contributed by atoms with van der Waals surface area (Å²) in [6.45, 7) is 12.6. The van der Waals surface area contributed by atoms with Crippen LogP contribution in [0.5, 0.6) is 0 Å². The first-order chi connectivity index (χ1) is 9.10. The van der Waals surface area contributed by atoms with Gasteiger partial charge < -0.3 is 5.32 Å². The standard InChI is InChI=1S/C18H31N/c1-6-16(7-2)15(5)19-13-18(14(3)4)17-11-9-8-10-12-17/h8-12,14-16,18-19H,6-7,13H2,1-5H3. The molecule has 1 aromatic rings. The van der Waals surface area contributed by atoms with Gasteiger partial charge in [-0.2, -0.15) is 0 Å². The van der Waals surface area contributed by atoms with Crippen LogP contribution in [0.25, 0.3) is 0 Å². The maximum atomic E-state index is 3.76. The van der Waals surface area contributed by atoms with Gasteiger partial charge >= 0.3 is 0 Å². The summed E-state index contributed by atoms with van der Waals surface area (Å²) in [5.41, 5.74) is 1.46. The summed E-state index contributed by atoms with van der Waals surface area (Å²) in [6.07, 6.45) is 2.53. The van der Waals surface area contributed by atoms with Crippen molar-refractivity contribution in [3.05, 3.63) is 35.9 Å². The summed E-state index contributed by atoms with van der Waals surface area (Å²) >= 11 is 0. The summed E-state index contributed by atoms with van der Waals surface area (Å²) in [4.78, 5) is 0. The molecule has 1 N–H and O–H groups in total. The van der Waals surface area contributed by atoms with Crippen molar-refractivity contribution in [2.45, 2.75) is 59.4 Å². The van der Waals surface area contributed by atoms with Gasteiger partial charge in [0.1, 0.15) is 0 Å². The van der Waals surface area contributed by atoms with Gasteiger partial charge in [-0.25, -0.2) is 0 Å². The first-order valence-corrected chi connectivity index (χ1v) is 7.88. The van der Waals surface area contributed by atoms with E-state index >= 15 is 0 Å². The van der Waals surface area contributed by atoms with Crippen LogP contribution in [0.3, 0.4) is 0 Å². The molecule has 1 nitrogen and oxygen atoms in total. The Balaban J connectivity index is 2.61. The summed E-state index contributed by atoms with van der Waals surface area (Å²) in [7, 11) is 0. The Morgan fingerprint density at radius 3 is 2.00 bits per heavy atom. The minimum atomic E-state index is 0.609. The Morgan fingerprint density at radius 1 is 0.947 bits per heavy atom. The monoisotopic (exact) mass is 261 g/mol. The fraction of sp³-hybridized carbons (Fsp3) is 0.667. The van der Waals surface area contributed by atoms with E-state index in [0.29, 0.717) is 17.9 Å². The highest BCUT2D eigenvalue weighted by molar-refractivity contribution is 5.20. The Morgan fingerprint density at radius 2 is 1.53 bits per heavy atom. The lowest BCUT2D eigenvalue weighted by molar-refractivity contribution is 0.333. The summed E-state index contributed by atoms with van der Waals surface area (Å²) in [6, 6.07) is 11.5. The summed E-state index contributed by atoms with van der Waals surface area (Å²) in [5, 5.41) is 3.76. The van der Waals surface area contributed by atoms with Crippen molar-refractivity contribution in [2.24, 2.45) is 11.8 Å². The van der Waals surface area contributed by atoms with Crippen molar-refractivity contribution in [1.82, 2.24) is 5.32 Å². The quantitative estimate of drug-likeness (QED) is 0.706. The van der Waals surface area contributed by atoms with Gasteiger partial charge in [0.2, 0.25) is 0 Å². The lowest BCUT2D eigenvalue weighted by Crippen LogP contribution is -2.37. The van der Waals surface area contributed by atoms with Crippen molar-refractivity contribution in [3.63, 3.8) is 0 Å². The van der Waals surface area contributed by atoms with Crippen molar-refractivity contribution in [2.75, 3.05) is 6.54 Å². The van der Waals surface area contributed by atoms with Gasteiger partial charge in [0, 0.05) is 12.6 Å². The number of hydrogen-bond donors (Lipinski definition) is 1. The average molecular weight is 261 g/mol. The summed E-state index contributed by atoms with van der Waals surface area (Å²) < 4.78 is 0. The van der Waals surface area contributed by atoms with E-state index in [4.69, 9.17) is 0 Å². The molecule has 0 saturated heterocycles. The lowest BCUT2D eigenvalue weighted by atomic mass is 9.87. The van der Waals surface area contributed by atoms with E-state index in [2.05, 4.69) is 70.3 Å². The molecular weight excluding hydrogens is 230 g/mol. The lowest BCUT2D eigenvalue weighted by Gasteiger charge is -2.27. The number of rotatable bonds is 8. The molecule has 0 bridgehead atoms. The number of hydrogen-bond acceptors (Lipinski definition) is 1. The summed E-state index contributed by atoms with van der Waals surface area (Å²) in [5.74, 6) is 2.07. The van der Waals surface area contributed by atoms with Gasteiger partial charge in [-0.1, -0.05) is 70.9 Å². The molecule has 0 aliphatic carbocycles. The Labute approximate surface area is 119 Å². The zero-order valence-electron chi connectivity index (χ0n) is 13.3. The second-order valence-corrected chi connectivity index (χ2v) is 6.03. The topological polar surface area (TPSA) is 12.0 Å². The third kappa shape index (κ3) is 4.99. The predicted octanol–water partition coefficient (Wildman–Crippen LogP) is 4.84. The third-order valence-electron chi connectivity index (χ3n) is 4.45. The van der Waals surface area contributed by atoms with E-state index in [1.54, 1.807) is 0 Å². The molecule has 0 aliphatic rings. The fourth-order valence-electron chi connectivity index (χ4n) is 2.91. The van der Waals surface area contributed by atoms with E-state index in [1.807, 2.05) is 0 Å². The highest BCUT2D eigenvalue weighted by Crippen LogP contribution is 2.24. The maximum Gasteiger partial charge on any atom is 0.00670 e. The van der Waals surface area contributed by atoms with Gasteiger partial charge in [-0.3, -0.25) is 0 Å². The molecule has 1 aromatic carbocycles. The van der Waals surface area contributed by atoms with Crippen LogP contribution in [-0.4, -0.2) is 12.6 Å². The predicted molar refractivity (Wildman–Crippen MR) is 85.6 cm³/mol. The van der Waals surface area contributed by atoms with Crippen molar-refractivity contribution in [1.29, 1.82) is 0 Å². The molecule has 0 saturated carbocycles. The molecule has 0 radical (unpaired) electrons. The fourth-order valence-corrected chi connectivity index (χ4v) is 2.91. The second kappa shape index (κ2) is 8.37. The molecule has 1 rings (SSSR count). The Bertz CT molecular complexity index is 327. The molecular formula is C18H31N. The highest BCUT2D eigenvalue weighted by atomic mass is 14.9. The van der Waals surface area contributed by atoms with Crippen molar-refractivity contribution in [3.8, 4) is 0 Å². The second-order valence-electron chi connectivity index (χ2n) is 6.03. The van der Waals surface area contributed by atoms with E-state index in [0.717, 1.165) is 12.5 Å². The maximum absolute atomic E-state index is 3.76. The molecule has 2 unspecified atom stereocenters. The molecule has 0 fully saturated rings. The molecule has 108 valence electrons. The van der Waals surface area contributed by atoms with Gasteiger partial charge in [0.05, 0.1) is 0 Å². The van der Waals surface area contributed by atoms with E-state index in [1.165, 1.54) is 18.4 Å². The van der Waals surface area contributed by atoms with Gasteiger partial charge in [0.25, 0.3) is 0 Å². The normalized spacial score (nSPS) is 14.9. The molecule has 2 atom stereocenters. The molecule has 0 heterocycles. The molecule has 19 heavy (non-hydrogen) atoms. The average Bonchev–Trinajstić information content (AvgIpc) is 2.41. The van der Waals surface area contributed by atoms with Crippen LogP contribution in [0, 0.1) is 11.8 Å². The van der Waals surface area contributed by atoms with Crippen LogP contribution < -0.4 is 5.32 Å². The van der Waals surface area contributed by atoms with Crippen LogP contribution in [0.1, 0.15) is 58.9 Å². The number of nitrogens with one attached hydrogen (secondary N) is 1. The first-order valence-electron chi connectivity index (χ1n) is 7.88. The minimum absolute atomic E-state index is 0.609. The van der Waals surface area contributed by atoms with Crippen LogP contribution in [-0.2, 0) is 0 Å². The van der Waals surface area contributed by atoms with Crippen LogP contribution >= 0.6 is 0 Å². The van der Waals surface area contributed by atoms with Gasteiger partial charge in [0.15, 0.2) is 0 Å². The SMILES string of the molecule is CCC(CC)C(C)NCC(c1ccccc1)C(C)C. The first kappa shape index (κ1) is 16.2. The minimum Gasteiger partial charge on any atom is -0.313 e. The highest BCUT2D eigenvalue weighted by Gasteiger charge is 2.18. The Hall–Kier alpha value is -0.820. The Kier molecular flexibility index (Phi) is 7.15. The van der Waals surface area contributed by atoms with E-state index < -0.39 is 0 Å².